The summed E-state index contributed by atoms with van der Waals surface area (Å²) < 4.78 is 5.87. The normalized spacial score (nSPS) is 11.9. The van der Waals surface area contributed by atoms with E-state index in [1.807, 2.05) is 31.2 Å². The summed E-state index contributed by atoms with van der Waals surface area (Å²) >= 11 is 3.46. The number of benzene rings is 1. The standard InChI is InChI=1S/C13H15BrN4O2/c1-8(10-5-3-4-6-11(10)14)16-13(19)15-7-12-17-9(2)18-20-12/h3-6,8H,7H2,1-2H3,(H2,15,16,19)/t8-/m1/s1. The fourth-order valence-electron chi connectivity index (χ4n) is 1.72. The van der Waals surface area contributed by atoms with E-state index in [4.69, 9.17) is 4.52 Å². The van der Waals surface area contributed by atoms with Crippen LogP contribution in [0.15, 0.2) is 33.3 Å². The number of hydrogen-bond donors (Lipinski definition) is 2. The Morgan fingerprint density at radius 3 is 2.85 bits per heavy atom. The van der Waals surface area contributed by atoms with Crippen molar-refractivity contribution in [3.63, 3.8) is 0 Å². The maximum atomic E-state index is 11.8. The van der Waals surface area contributed by atoms with E-state index in [0.717, 1.165) is 10.0 Å². The van der Waals surface area contributed by atoms with Crippen LogP contribution < -0.4 is 10.6 Å². The van der Waals surface area contributed by atoms with Crippen molar-refractivity contribution in [3.05, 3.63) is 46.0 Å². The van der Waals surface area contributed by atoms with Crippen LogP contribution in [0.4, 0.5) is 4.79 Å². The Morgan fingerprint density at radius 2 is 2.20 bits per heavy atom. The molecule has 0 aliphatic heterocycles. The van der Waals surface area contributed by atoms with Gasteiger partial charge in [-0.3, -0.25) is 0 Å². The average molecular weight is 339 g/mol. The van der Waals surface area contributed by atoms with E-state index < -0.39 is 0 Å². The number of aryl methyl sites for hydroxylation is 1. The molecule has 0 saturated carbocycles. The summed E-state index contributed by atoms with van der Waals surface area (Å²) in [6, 6.07) is 7.35. The molecule has 2 amide bonds. The minimum Gasteiger partial charge on any atom is -0.337 e. The molecule has 2 N–H and O–H groups in total. The highest BCUT2D eigenvalue weighted by atomic mass is 79.9. The van der Waals surface area contributed by atoms with Crippen LogP contribution in [-0.2, 0) is 6.54 Å². The van der Waals surface area contributed by atoms with Crippen molar-refractivity contribution >= 4 is 22.0 Å². The van der Waals surface area contributed by atoms with E-state index in [-0.39, 0.29) is 18.6 Å². The number of urea groups is 1. The van der Waals surface area contributed by atoms with Crippen LogP contribution in [0.3, 0.4) is 0 Å². The molecule has 0 unspecified atom stereocenters. The Balaban J connectivity index is 1.87. The lowest BCUT2D eigenvalue weighted by atomic mass is 10.1. The lowest BCUT2D eigenvalue weighted by molar-refractivity contribution is 0.235. The zero-order valence-corrected chi connectivity index (χ0v) is 12.8. The fourth-order valence-corrected chi connectivity index (χ4v) is 2.35. The first-order valence-corrected chi connectivity index (χ1v) is 6.93. The van der Waals surface area contributed by atoms with Gasteiger partial charge in [-0.2, -0.15) is 4.98 Å². The molecule has 1 heterocycles. The SMILES string of the molecule is Cc1noc(CNC(=O)N[C@H](C)c2ccccc2Br)n1. The van der Waals surface area contributed by atoms with E-state index in [9.17, 15) is 4.79 Å². The smallest absolute Gasteiger partial charge is 0.315 e. The molecular weight excluding hydrogens is 324 g/mol. The minimum absolute atomic E-state index is 0.116. The van der Waals surface area contributed by atoms with Gasteiger partial charge in [0, 0.05) is 4.47 Å². The van der Waals surface area contributed by atoms with E-state index in [1.165, 1.54) is 0 Å². The molecule has 0 spiro atoms. The van der Waals surface area contributed by atoms with Crippen LogP contribution in [0, 0.1) is 6.92 Å². The number of amides is 2. The van der Waals surface area contributed by atoms with Gasteiger partial charge in [0.15, 0.2) is 5.82 Å². The lowest BCUT2D eigenvalue weighted by Gasteiger charge is -2.15. The summed E-state index contributed by atoms with van der Waals surface area (Å²) in [6.45, 7) is 3.84. The largest absolute Gasteiger partial charge is 0.337 e. The summed E-state index contributed by atoms with van der Waals surface area (Å²) in [5.74, 6) is 0.926. The molecule has 0 radical (unpaired) electrons. The zero-order valence-electron chi connectivity index (χ0n) is 11.2. The lowest BCUT2D eigenvalue weighted by Crippen LogP contribution is -2.36. The van der Waals surface area contributed by atoms with Gasteiger partial charge in [-0.05, 0) is 25.5 Å². The molecule has 0 fully saturated rings. The van der Waals surface area contributed by atoms with Gasteiger partial charge in [-0.25, -0.2) is 4.79 Å². The molecule has 7 heteroatoms. The molecular formula is C13H15BrN4O2. The average Bonchev–Trinajstić information content (AvgIpc) is 2.82. The van der Waals surface area contributed by atoms with Gasteiger partial charge in [0.2, 0.25) is 5.89 Å². The highest BCUT2D eigenvalue weighted by molar-refractivity contribution is 9.10. The van der Waals surface area contributed by atoms with Crippen molar-refractivity contribution in [3.8, 4) is 0 Å². The Kier molecular flexibility index (Phi) is 4.73. The molecule has 1 aromatic heterocycles. The third-order valence-electron chi connectivity index (χ3n) is 2.69. The van der Waals surface area contributed by atoms with Crippen molar-refractivity contribution in [1.82, 2.24) is 20.8 Å². The van der Waals surface area contributed by atoms with Gasteiger partial charge in [-0.1, -0.05) is 39.3 Å². The van der Waals surface area contributed by atoms with E-state index in [0.29, 0.717) is 11.7 Å². The quantitative estimate of drug-likeness (QED) is 0.898. The number of halogens is 1. The first kappa shape index (κ1) is 14.5. The molecule has 6 nitrogen and oxygen atoms in total. The fraction of sp³-hybridized carbons (Fsp3) is 0.308. The predicted molar refractivity (Wildman–Crippen MR) is 77.0 cm³/mol. The number of carbonyl (C=O) groups is 1. The maximum absolute atomic E-state index is 11.8. The molecule has 1 aromatic carbocycles. The second-order valence-corrected chi connectivity index (χ2v) is 5.16. The molecule has 0 aliphatic carbocycles. The van der Waals surface area contributed by atoms with Gasteiger partial charge in [0.05, 0.1) is 12.6 Å². The van der Waals surface area contributed by atoms with Gasteiger partial charge in [0.1, 0.15) is 0 Å². The van der Waals surface area contributed by atoms with E-state index in [1.54, 1.807) is 6.92 Å². The van der Waals surface area contributed by atoms with Gasteiger partial charge in [-0.15, -0.1) is 0 Å². The monoisotopic (exact) mass is 338 g/mol. The molecule has 2 aromatic rings. The van der Waals surface area contributed by atoms with E-state index >= 15 is 0 Å². The molecule has 20 heavy (non-hydrogen) atoms. The van der Waals surface area contributed by atoms with Crippen molar-refractivity contribution in [1.29, 1.82) is 0 Å². The molecule has 1 atom stereocenters. The van der Waals surface area contributed by atoms with Crippen LogP contribution in [0.5, 0.6) is 0 Å². The summed E-state index contributed by atoms with van der Waals surface area (Å²) in [4.78, 5) is 15.8. The van der Waals surface area contributed by atoms with Crippen molar-refractivity contribution in [2.75, 3.05) is 0 Å². The topological polar surface area (TPSA) is 80.0 Å². The first-order chi connectivity index (χ1) is 9.56. The number of carbonyl (C=O) groups excluding carboxylic acids is 1. The Hall–Kier alpha value is -1.89. The van der Waals surface area contributed by atoms with Gasteiger partial charge >= 0.3 is 6.03 Å². The van der Waals surface area contributed by atoms with E-state index in [2.05, 4.69) is 36.7 Å². The Bertz CT molecular complexity index is 600. The molecule has 0 saturated heterocycles. The second kappa shape index (κ2) is 6.51. The number of nitrogens with zero attached hydrogens (tertiary/aromatic N) is 2. The van der Waals surface area contributed by atoms with Crippen LogP contribution in [-0.4, -0.2) is 16.2 Å². The van der Waals surface area contributed by atoms with Gasteiger partial charge < -0.3 is 15.2 Å². The summed E-state index contributed by atoms with van der Waals surface area (Å²) in [5, 5.41) is 9.17. The minimum atomic E-state index is -0.288. The van der Waals surface area contributed by atoms with Crippen molar-refractivity contribution < 1.29 is 9.32 Å². The van der Waals surface area contributed by atoms with Crippen LogP contribution >= 0.6 is 15.9 Å². The van der Waals surface area contributed by atoms with Crippen molar-refractivity contribution in [2.45, 2.75) is 26.4 Å². The van der Waals surface area contributed by atoms with Gasteiger partial charge in [0.25, 0.3) is 0 Å². The molecule has 106 valence electrons. The summed E-state index contributed by atoms with van der Waals surface area (Å²) in [7, 11) is 0. The molecule has 2 rings (SSSR count). The summed E-state index contributed by atoms with van der Waals surface area (Å²) in [5.41, 5.74) is 1.01. The van der Waals surface area contributed by atoms with Crippen LogP contribution in [0.1, 0.15) is 30.2 Å². The maximum Gasteiger partial charge on any atom is 0.315 e. The summed E-state index contributed by atoms with van der Waals surface area (Å²) in [6.07, 6.45) is 0. The van der Waals surface area contributed by atoms with Crippen LogP contribution in [0.2, 0.25) is 0 Å². The number of nitrogens with one attached hydrogen (secondary N) is 2. The predicted octanol–water partition coefficient (Wildman–Crippen LogP) is 2.70. The molecule has 0 bridgehead atoms. The molecule has 0 aliphatic rings. The number of hydrogen-bond acceptors (Lipinski definition) is 4. The van der Waals surface area contributed by atoms with Crippen LogP contribution in [0.25, 0.3) is 0 Å². The number of rotatable bonds is 4. The second-order valence-electron chi connectivity index (χ2n) is 4.31. The zero-order chi connectivity index (χ0) is 14.5. The Morgan fingerprint density at radius 1 is 1.45 bits per heavy atom. The highest BCUT2D eigenvalue weighted by Gasteiger charge is 2.12. The van der Waals surface area contributed by atoms with Crippen molar-refractivity contribution in [2.24, 2.45) is 0 Å². The Labute approximate surface area is 125 Å². The highest BCUT2D eigenvalue weighted by Crippen LogP contribution is 2.22. The number of aromatic nitrogens is 2. The first-order valence-electron chi connectivity index (χ1n) is 6.14. The third-order valence-corrected chi connectivity index (χ3v) is 3.41. The third kappa shape index (κ3) is 3.80.